The summed E-state index contributed by atoms with van der Waals surface area (Å²) in [6.45, 7) is 2.59. The Morgan fingerprint density at radius 2 is 1.80 bits per heavy atom. The van der Waals surface area contributed by atoms with Gasteiger partial charge in [-0.1, -0.05) is 28.1 Å². The van der Waals surface area contributed by atoms with Gasteiger partial charge in [0.05, 0.1) is 0 Å². The molecule has 0 amide bonds. The molecule has 80 valence electrons. The zero-order valence-corrected chi connectivity index (χ0v) is 10.4. The summed E-state index contributed by atoms with van der Waals surface area (Å²) in [6.07, 6.45) is 4.22. The van der Waals surface area contributed by atoms with E-state index < -0.39 is 0 Å². The van der Waals surface area contributed by atoms with Crippen molar-refractivity contribution in [2.24, 2.45) is 0 Å². The van der Waals surface area contributed by atoms with E-state index in [0.29, 0.717) is 0 Å². The van der Waals surface area contributed by atoms with Crippen LogP contribution in [0.25, 0.3) is 0 Å². The molecule has 1 aromatic rings. The summed E-state index contributed by atoms with van der Waals surface area (Å²) >= 11 is 3.49. The lowest BCUT2D eigenvalue weighted by atomic mass is 9.99. The molecule has 3 rings (SSSR count). The van der Waals surface area contributed by atoms with E-state index in [-0.39, 0.29) is 0 Å². The summed E-state index contributed by atoms with van der Waals surface area (Å²) in [5.74, 6) is 0.777. The molecule has 1 atom stereocenters. The number of benzene rings is 1. The molecule has 1 aliphatic heterocycles. The molecule has 2 aliphatic rings. The van der Waals surface area contributed by atoms with E-state index in [2.05, 4.69) is 45.1 Å². The first-order valence-electron chi connectivity index (χ1n) is 5.82. The summed E-state index contributed by atoms with van der Waals surface area (Å²) in [5.41, 5.74) is 1.52. The van der Waals surface area contributed by atoms with E-state index in [4.69, 9.17) is 0 Å². The Kier molecular flexibility index (Phi) is 2.57. The fourth-order valence-corrected chi connectivity index (χ4v) is 2.83. The minimum absolute atomic E-state index is 0.777. The van der Waals surface area contributed by atoms with Gasteiger partial charge < -0.3 is 0 Å². The average molecular weight is 266 g/mol. The van der Waals surface area contributed by atoms with Crippen LogP contribution in [0.5, 0.6) is 0 Å². The number of hydrogen-bond acceptors (Lipinski definition) is 1. The van der Waals surface area contributed by atoms with Crippen LogP contribution in [0.2, 0.25) is 0 Å². The van der Waals surface area contributed by atoms with Crippen LogP contribution in [-0.2, 0) is 0 Å². The molecule has 1 aliphatic carbocycles. The van der Waals surface area contributed by atoms with Crippen molar-refractivity contribution in [2.75, 3.05) is 13.1 Å². The zero-order valence-electron chi connectivity index (χ0n) is 8.82. The Morgan fingerprint density at radius 1 is 1.07 bits per heavy atom. The molecular formula is C13H16BrN. The standard InChI is InChI=1S/C13H16BrN/c14-12-3-1-10(2-4-12)11-7-8-15(9-11)13-5-6-13/h1-4,11,13H,5-9H2. The summed E-state index contributed by atoms with van der Waals surface area (Å²) < 4.78 is 1.18. The van der Waals surface area contributed by atoms with Gasteiger partial charge in [0.1, 0.15) is 0 Å². The van der Waals surface area contributed by atoms with E-state index in [1.54, 1.807) is 0 Å². The van der Waals surface area contributed by atoms with E-state index in [1.165, 1.54) is 42.4 Å². The topological polar surface area (TPSA) is 3.24 Å². The van der Waals surface area contributed by atoms with Gasteiger partial charge in [-0.05, 0) is 49.4 Å². The molecule has 0 radical (unpaired) electrons. The third-order valence-electron chi connectivity index (χ3n) is 3.62. The lowest BCUT2D eigenvalue weighted by Gasteiger charge is -2.14. The normalized spacial score (nSPS) is 27.1. The summed E-state index contributed by atoms with van der Waals surface area (Å²) in [6, 6.07) is 9.80. The molecule has 1 aromatic carbocycles. The molecular weight excluding hydrogens is 250 g/mol. The maximum atomic E-state index is 3.49. The molecule has 1 saturated carbocycles. The highest BCUT2D eigenvalue weighted by atomic mass is 79.9. The smallest absolute Gasteiger partial charge is 0.0175 e. The highest BCUT2D eigenvalue weighted by Gasteiger charge is 2.34. The van der Waals surface area contributed by atoms with Gasteiger partial charge in [-0.2, -0.15) is 0 Å². The highest BCUT2D eigenvalue weighted by molar-refractivity contribution is 9.10. The van der Waals surface area contributed by atoms with Gasteiger partial charge in [-0.15, -0.1) is 0 Å². The second-order valence-corrected chi connectivity index (χ2v) is 5.68. The Hall–Kier alpha value is -0.340. The fraction of sp³-hybridized carbons (Fsp3) is 0.538. The minimum atomic E-state index is 0.777. The Bertz CT molecular complexity index is 342. The molecule has 0 aromatic heterocycles. The van der Waals surface area contributed by atoms with Gasteiger partial charge in [-0.3, -0.25) is 4.90 Å². The van der Waals surface area contributed by atoms with Gasteiger partial charge in [-0.25, -0.2) is 0 Å². The number of halogens is 1. The second-order valence-electron chi connectivity index (χ2n) is 4.76. The molecule has 1 nitrogen and oxygen atoms in total. The molecule has 2 heteroatoms. The molecule has 1 unspecified atom stereocenters. The monoisotopic (exact) mass is 265 g/mol. The first-order valence-corrected chi connectivity index (χ1v) is 6.62. The fourth-order valence-electron chi connectivity index (χ4n) is 2.57. The highest BCUT2D eigenvalue weighted by Crippen LogP contribution is 2.35. The van der Waals surface area contributed by atoms with Crippen molar-refractivity contribution in [3.8, 4) is 0 Å². The number of likely N-dealkylation sites (tertiary alicyclic amines) is 1. The maximum absolute atomic E-state index is 3.49. The molecule has 0 N–H and O–H groups in total. The van der Waals surface area contributed by atoms with Crippen LogP contribution >= 0.6 is 15.9 Å². The molecule has 1 saturated heterocycles. The second kappa shape index (κ2) is 3.91. The predicted molar refractivity (Wildman–Crippen MR) is 66.1 cm³/mol. The van der Waals surface area contributed by atoms with E-state index in [9.17, 15) is 0 Å². The van der Waals surface area contributed by atoms with Gasteiger partial charge >= 0.3 is 0 Å². The van der Waals surface area contributed by atoms with Crippen LogP contribution in [-0.4, -0.2) is 24.0 Å². The lowest BCUT2D eigenvalue weighted by molar-refractivity contribution is 0.324. The summed E-state index contributed by atoms with van der Waals surface area (Å²) in [4.78, 5) is 2.67. The third kappa shape index (κ3) is 2.11. The largest absolute Gasteiger partial charge is 0.300 e. The summed E-state index contributed by atoms with van der Waals surface area (Å²) in [7, 11) is 0. The van der Waals surface area contributed by atoms with Crippen molar-refractivity contribution in [1.82, 2.24) is 4.90 Å². The number of nitrogens with zero attached hydrogens (tertiary/aromatic N) is 1. The van der Waals surface area contributed by atoms with E-state index in [0.717, 1.165) is 12.0 Å². The van der Waals surface area contributed by atoms with Crippen molar-refractivity contribution in [3.63, 3.8) is 0 Å². The minimum Gasteiger partial charge on any atom is -0.300 e. The van der Waals surface area contributed by atoms with Crippen LogP contribution in [0.3, 0.4) is 0 Å². The van der Waals surface area contributed by atoms with Crippen molar-refractivity contribution in [3.05, 3.63) is 34.3 Å². The Balaban J connectivity index is 1.70. The van der Waals surface area contributed by atoms with Crippen LogP contribution < -0.4 is 0 Å². The zero-order chi connectivity index (χ0) is 10.3. The molecule has 0 bridgehead atoms. The van der Waals surface area contributed by atoms with Gasteiger partial charge in [0.2, 0.25) is 0 Å². The van der Waals surface area contributed by atoms with Crippen molar-refractivity contribution < 1.29 is 0 Å². The lowest BCUT2D eigenvalue weighted by Crippen LogP contribution is -2.22. The van der Waals surface area contributed by atoms with Gasteiger partial charge in [0.15, 0.2) is 0 Å². The SMILES string of the molecule is Brc1ccc(C2CCN(C3CC3)C2)cc1. The Morgan fingerprint density at radius 3 is 2.47 bits per heavy atom. The van der Waals surface area contributed by atoms with Crippen molar-refractivity contribution >= 4 is 15.9 Å². The predicted octanol–water partition coefficient (Wildman–Crippen LogP) is 3.40. The molecule has 2 fully saturated rings. The van der Waals surface area contributed by atoms with E-state index in [1.807, 2.05) is 0 Å². The van der Waals surface area contributed by atoms with Crippen LogP contribution in [0.15, 0.2) is 28.7 Å². The van der Waals surface area contributed by atoms with Crippen molar-refractivity contribution in [1.29, 1.82) is 0 Å². The molecule has 1 heterocycles. The quantitative estimate of drug-likeness (QED) is 0.793. The Labute approximate surface area is 99.6 Å². The molecule has 0 spiro atoms. The number of hydrogen-bond donors (Lipinski definition) is 0. The van der Waals surface area contributed by atoms with Gasteiger partial charge in [0.25, 0.3) is 0 Å². The van der Waals surface area contributed by atoms with Crippen molar-refractivity contribution in [2.45, 2.75) is 31.2 Å². The van der Waals surface area contributed by atoms with Crippen LogP contribution in [0.1, 0.15) is 30.7 Å². The van der Waals surface area contributed by atoms with Crippen LogP contribution in [0, 0.1) is 0 Å². The molecule has 15 heavy (non-hydrogen) atoms. The average Bonchev–Trinajstić information content (AvgIpc) is 2.99. The van der Waals surface area contributed by atoms with Crippen LogP contribution in [0.4, 0.5) is 0 Å². The summed E-state index contributed by atoms with van der Waals surface area (Å²) in [5, 5.41) is 0. The van der Waals surface area contributed by atoms with Gasteiger partial charge in [0, 0.05) is 17.1 Å². The third-order valence-corrected chi connectivity index (χ3v) is 4.15. The first-order chi connectivity index (χ1) is 7.33. The first kappa shape index (κ1) is 9.86. The maximum Gasteiger partial charge on any atom is 0.0175 e. The van der Waals surface area contributed by atoms with E-state index >= 15 is 0 Å². The number of rotatable bonds is 2.